The van der Waals surface area contributed by atoms with Gasteiger partial charge in [0.05, 0.1) is 11.7 Å². The van der Waals surface area contributed by atoms with E-state index >= 15 is 0 Å². The second-order valence-electron chi connectivity index (χ2n) is 7.05. The van der Waals surface area contributed by atoms with Crippen LogP contribution in [0.25, 0.3) is 11.3 Å². The van der Waals surface area contributed by atoms with E-state index in [1.807, 2.05) is 12.1 Å². The van der Waals surface area contributed by atoms with Crippen molar-refractivity contribution in [3.63, 3.8) is 0 Å². The molecule has 7 heteroatoms. The van der Waals surface area contributed by atoms with E-state index < -0.39 is 6.36 Å². The van der Waals surface area contributed by atoms with Crippen molar-refractivity contribution in [1.82, 2.24) is 9.97 Å². The van der Waals surface area contributed by atoms with Crippen molar-refractivity contribution in [2.24, 2.45) is 0 Å². The summed E-state index contributed by atoms with van der Waals surface area (Å²) in [6.45, 7) is 1.80. The molecule has 0 bridgehead atoms. The highest BCUT2D eigenvalue weighted by atomic mass is 19.4. The fourth-order valence-electron chi connectivity index (χ4n) is 3.70. The van der Waals surface area contributed by atoms with E-state index in [9.17, 15) is 13.2 Å². The summed E-state index contributed by atoms with van der Waals surface area (Å²) in [4.78, 5) is 8.93. The molecular formula is C22H20F3N3O. The van der Waals surface area contributed by atoms with E-state index in [1.165, 1.54) is 23.3 Å². The first kappa shape index (κ1) is 19.2. The van der Waals surface area contributed by atoms with Crippen LogP contribution in [0, 0.1) is 6.92 Å². The lowest BCUT2D eigenvalue weighted by Crippen LogP contribution is -2.18. The fourth-order valence-corrected chi connectivity index (χ4v) is 3.70. The van der Waals surface area contributed by atoms with Gasteiger partial charge in [-0.2, -0.15) is 0 Å². The van der Waals surface area contributed by atoms with E-state index in [2.05, 4.69) is 38.2 Å². The summed E-state index contributed by atoms with van der Waals surface area (Å²) in [6, 6.07) is 16.1. The Morgan fingerprint density at radius 3 is 2.55 bits per heavy atom. The fraction of sp³-hybridized carbons (Fsp3) is 0.273. The van der Waals surface area contributed by atoms with Gasteiger partial charge in [0.15, 0.2) is 0 Å². The number of aromatic nitrogens is 2. The lowest BCUT2D eigenvalue weighted by Gasteiger charge is -2.27. The number of anilines is 1. The molecule has 0 radical (unpaired) electrons. The summed E-state index contributed by atoms with van der Waals surface area (Å²) in [7, 11) is 0. The third-order valence-corrected chi connectivity index (χ3v) is 4.91. The van der Waals surface area contributed by atoms with Crippen molar-refractivity contribution in [3.8, 4) is 17.0 Å². The molecule has 1 aromatic heterocycles. The molecule has 1 aliphatic rings. The number of alkyl halides is 3. The van der Waals surface area contributed by atoms with Gasteiger partial charge in [-0.05, 0) is 61.6 Å². The van der Waals surface area contributed by atoms with Crippen molar-refractivity contribution < 1.29 is 17.9 Å². The Morgan fingerprint density at radius 1 is 1.03 bits per heavy atom. The highest BCUT2D eigenvalue weighted by Crippen LogP contribution is 2.33. The number of hydrogen-bond acceptors (Lipinski definition) is 4. The van der Waals surface area contributed by atoms with Crippen molar-refractivity contribution in [3.05, 3.63) is 71.5 Å². The quantitative estimate of drug-likeness (QED) is 0.599. The van der Waals surface area contributed by atoms with Gasteiger partial charge in [-0.3, -0.25) is 0 Å². The Kier molecular flexibility index (Phi) is 5.13. The molecule has 3 aromatic rings. The average molecular weight is 399 g/mol. The smallest absolute Gasteiger partial charge is 0.406 e. The van der Waals surface area contributed by atoms with Gasteiger partial charge in [-0.15, -0.1) is 13.2 Å². The van der Waals surface area contributed by atoms with Gasteiger partial charge >= 0.3 is 6.36 Å². The van der Waals surface area contributed by atoms with Gasteiger partial charge in [0.25, 0.3) is 0 Å². The number of fused-ring (bicyclic) bond motifs is 1. The first-order chi connectivity index (χ1) is 13.9. The van der Waals surface area contributed by atoms with Gasteiger partial charge in [0, 0.05) is 11.6 Å². The first-order valence-corrected chi connectivity index (χ1v) is 9.43. The van der Waals surface area contributed by atoms with E-state index in [-0.39, 0.29) is 11.8 Å². The predicted molar refractivity (Wildman–Crippen MR) is 105 cm³/mol. The maximum Gasteiger partial charge on any atom is 0.573 e. The Labute approximate surface area is 166 Å². The monoisotopic (exact) mass is 399 g/mol. The zero-order chi connectivity index (χ0) is 20.4. The second kappa shape index (κ2) is 7.73. The zero-order valence-corrected chi connectivity index (χ0v) is 15.8. The predicted octanol–water partition coefficient (Wildman–Crippen LogP) is 5.84. The van der Waals surface area contributed by atoms with Crippen molar-refractivity contribution in [2.45, 2.75) is 38.6 Å². The van der Waals surface area contributed by atoms with Gasteiger partial charge in [0.2, 0.25) is 0 Å². The molecule has 2 aromatic carbocycles. The molecule has 0 amide bonds. The van der Waals surface area contributed by atoms with Crippen LogP contribution in [0.5, 0.6) is 5.75 Å². The number of hydrogen-bond donors (Lipinski definition) is 1. The van der Waals surface area contributed by atoms with Crippen molar-refractivity contribution >= 4 is 5.82 Å². The van der Waals surface area contributed by atoms with Crippen LogP contribution >= 0.6 is 0 Å². The lowest BCUT2D eigenvalue weighted by atomic mass is 9.88. The first-order valence-electron chi connectivity index (χ1n) is 9.43. The molecule has 29 heavy (non-hydrogen) atoms. The van der Waals surface area contributed by atoms with Crippen LogP contribution in [0.4, 0.5) is 19.0 Å². The minimum Gasteiger partial charge on any atom is -0.406 e. The molecule has 4 nitrogen and oxygen atoms in total. The molecule has 1 atom stereocenters. The summed E-state index contributed by atoms with van der Waals surface area (Å²) in [5.74, 6) is 1.03. The molecule has 0 aliphatic heterocycles. The number of nitrogens with zero attached hydrogens (tertiary/aromatic N) is 2. The van der Waals surface area contributed by atoms with E-state index in [0.717, 1.165) is 19.3 Å². The molecule has 1 N–H and O–H groups in total. The van der Waals surface area contributed by atoms with Gasteiger partial charge < -0.3 is 10.1 Å². The molecule has 0 spiro atoms. The number of nitrogens with one attached hydrogen (secondary N) is 1. The molecule has 1 heterocycles. The largest absolute Gasteiger partial charge is 0.573 e. The standard InChI is InChI=1S/C22H20F3N3O/c1-14-26-20(16-9-11-17(12-10-16)29-22(23,24)25)13-21(27-14)28-19-8-4-6-15-5-2-3-7-18(15)19/h2-3,5,7,9-13,19H,4,6,8H2,1H3,(H,26,27,28)/t19-/m1/s1. The Balaban J connectivity index is 1.57. The minimum atomic E-state index is -4.71. The molecule has 0 saturated carbocycles. The SMILES string of the molecule is Cc1nc(N[C@@H]2CCCc3ccccc32)cc(-c2ccc(OC(F)(F)F)cc2)n1. The van der Waals surface area contributed by atoms with Crippen molar-refractivity contribution in [1.29, 1.82) is 0 Å². The molecule has 0 fully saturated rings. The van der Waals surface area contributed by atoms with Gasteiger partial charge in [-0.1, -0.05) is 24.3 Å². The third kappa shape index (κ3) is 4.67. The van der Waals surface area contributed by atoms with Crippen molar-refractivity contribution in [2.75, 3.05) is 5.32 Å². The average Bonchev–Trinajstić information content (AvgIpc) is 2.67. The normalized spacial score (nSPS) is 16.2. The second-order valence-corrected chi connectivity index (χ2v) is 7.05. The van der Waals surface area contributed by atoms with Crippen LogP contribution in [0.2, 0.25) is 0 Å². The highest BCUT2D eigenvalue weighted by molar-refractivity contribution is 5.63. The summed E-state index contributed by atoms with van der Waals surface area (Å²) < 4.78 is 41.0. The number of benzene rings is 2. The van der Waals surface area contributed by atoms with Crippen LogP contribution in [0.1, 0.15) is 35.8 Å². The lowest BCUT2D eigenvalue weighted by molar-refractivity contribution is -0.274. The molecule has 0 unspecified atom stereocenters. The van der Waals surface area contributed by atoms with E-state index in [1.54, 1.807) is 19.1 Å². The highest BCUT2D eigenvalue weighted by Gasteiger charge is 2.31. The topological polar surface area (TPSA) is 47.0 Å². The minimum absolute atomic E-state index is 0.171. The summed E-state index contributed by atoms with van der Waals surface area (Å²) in [5, 5.41) is 3.51. The zero-order valence-electron chi connectivity index (χ0n) is 15.8. The summed E-state index contributed by atoms with van der Waals surface area (Å²) in [6.07, 6.45) is -1.51. The molecular weight excluding hydrogens is 379 g/mol. The van der Waals surface area contributed by atoms with Crippen LogP contribution in [0.15, 0.2) is 54.6 Å². The Hall–Kier alpha value is -3.09. The number of halogens is 3. The maximum absolute atomic E-state index is 12.3. The number of rotatable bonds is 4. The van der Waals surface area contributed by atoms with Crippen LogP contribution < -0.4 is 10.1 Å². The molecule has 150 valence electrons. The number of aryl methyl sites for hydroxylation is 2. The Bertz CT molecular complexity index is 1000. The van der Waals surface area contributed by atoms with Gasteiger partial charge in [-0.25, -0.2) is 9.97 Å². The summed E-state index contributed by atoms with van der Waals surface area (Å²) in [5.41, 5.74) is 3.97. The third-order valence-electron chi connectivity index (χ3n) is 4.91. The van der Waals surface area contributed by atoms with E-state index in [4.69, 9.17) is 0 Å². The molecule has 4 rings (SSSR count). The van der Waals surface area contributed by atoms with E-state index in [0.29, 0.717) is 22.9 Å². The van der Waals surface area contributed by atoms with Crippen LogP contribution in [0.3, 0.4) is 0 Å². The maximum atomic E-state index is 12.3. The van der Waals surface area contributed by atoms with Crippen LogP contribution in [-0.2, 0) is 6.42 Å². The number of ether oxygens (including phenoxy) is 1. The van der Waals surface area contributed by atoms with Gasteiger partial charge in [0.1, 0.15) is 17.4 Å². The molecule has 1 aliphatic carbocycles. The Morgan fingerprint density at radius 2 is 1.79 bits per heavy atom. The molecule has 0 saturated heterocycles. The van der Waals surface area contributed by atoms with Crippen LogP contribution in [-0.4, -0.2) is 16.3 Å². The summed E-state index contributed by atoms with van der Waals surface area (Å²) >= 11 is 0.